The minimum atomic E-state index is -1.34. The number of amides is 1. The van der Waals surface area contributed by atoms with Crippen LogP contribution in [0.3, 0.4) is 0 Å². The van der Waals surface area contributed by atoms with Crippen LogP contribution in [0.2, 0.25) is 0 Å². The molecule has 5 atom stereocenters. The summed E-state index contributed by atoms with van der Waals surface area (Å²) in [6, 6.07) is 9.15. The molecule has 2 rings (SSSR count). The average molecular weight is 540 g/mol. The maximum Gasteiger partial charge on any atom is 0.409 e. The molecule has 1 aromatic carbocycles. The highest BCUT2D eigenvalue weighted by molar-refractivity contribution is 5.69. The van der Waals surface area contributed by atoms with Gasteiger partial charge in [-0.2, -0.15) is 0 Å². The Morgan fingerprint density at radius 1 is 0.789 bits per heavy atom. The van der Waals surface area contributed by atoms with Crippen LogP contribution < -0.4 is 0 Å². The van der Waals surface area contributed by atoms with Crippen LogP contribution in [0.1, 0.15) is 33.3 Å². The fraction of sp³-hybridized carbons (Fsp3) is 0.560. The molecule has 0 spiro atoms. The number of esters is 4. The van der Waals surface area contributed by atoms with Gasteiger partial charge in [-0.1, -0.05) is 30.3 Å². The highest BCUT2D eigenvalue weighted by Crippen LogP contribution is 2.30. The molecule has 1 aliphatic rings. The Labute approximate surface area is 220 Å². The van der Waals surface area contributed by atoms with Gasteiger partial charge in [0, 0.05) is 41.3 Å². The molecule has 38 heavy (non-hydrogen) atoms. The van der Waals surface area contributed by atoms with Crippen LogP contribution in [-0.2, 0) is 58.9 Å². The lowest BCUT2D eigenvalue weighted by atomic mass is 9.98. The van der Waals surface area contributed by atoms with Crippen LogP contribution >= 0.6 is 0 Å². The first kappa shape index (κ1) is 30.5. The third-order valence-electron chi connectivity index (χ3n) is 5.17. The van der Waals surface area contributed by atoms with Crippen molar-refractivity contribution in [2.75, 3.05) is 26.8 Å². The molecule has 1 aromatic rings. The number of ether oxygens (including phenoxy) is 7. The standard InChI is InChI=1S/C25H33NO12/c1-15(27)33-14-20-21(35-16(2)28)22(36-17(3)29)23(37-18(4)30)24(38-20)32-12-11-26(5)25(31)34-13-19-9-7-6-8-10-19/h6-10,20-24H,11-14H2,1-5H3/t20-,21-,22+,23-,24?/m1/s1. The van der Waals surface area contributed by atoms with Crippen molar-refractivity contribution in [2.45, 2.75) is 65.0 Å². The monoisotopic (exact) mass is 539 g/mol. The molecule has 210 valence electrons. The molecule has 0 N–H and O–H groups in total. The minimum Gasteiger partial charge on any atom is -0.463 e. The molecule has 1 amide bonds. The van der Waals surface area contributed by atoms with Gasteiger partial charge in [-0.3, -0.25) is 19.2 Å². The second-order valence-electron chi connectivity index (χ2n) is 8.40. The molecular weight excluding hydrogens is 506 g/mol. The van der Waals surface area contributed by atoms with Gasteiger partial charge in [0.05, 0.1) is 6.61 Å². The first-order chi connectivity index (χ1) is 18.0. The van der Waals surface area contributed by atoms with Gasteiger partial charge >= 0.3 is 30.0 Å². The molecular formula is C25H33NO12. The van der Waals surface area contributed by atoms with Crippen molar-refractivity contribution < 1.29 is 57.1 Å². The van der Waals surface area contributed by atoms with E-state index >= 15 is 0 Å². The quantitative estimate of drug-likeness (QED) is 0.295. The van der Waals surface area contributed by atoms with Crippen LogP contribution in [0, 0.1) is 0 Å². The normalized spacial score (nSPS) is 22.5. The SMILES string of the molecule is CC(=O)OC[C@H]1OC(OCCN(C)C(=O)OCc2ccccc2)[C@H](OC(C)=O)[C@@H](OC(C)=O)[C@@H]1OC(C)=O. The minimum absolute atomic E-state index is 0.0560. The van der Waals surface area contributed by atoms with E-state index < -0.39 is 60.7 Å². The molecule has 0 radical (unpaired) electrons. The maximum atomic E-state index is 12.3. The second kappa shape index (κ2) is 14.9. The van der Waals surface area contributed by atoms with E-state index in [0.717, 1.165) is 26.3 Å². The van der Waals surface area contributed by atoms with E-state index in [4.69, 9.17) is 33.2 Å². The van der Waals surface area contributed by atoms with Gasteiger partial charge < -0.3 is 38.1 Å². The third-order valence-corrected chi connectivity index (χ3v) is 5.17. The average Bonchev–Trinajstić information content (AvgIpc) is 2.84. The summed E-state index contributed by atoms with van der Waals surface area (Å²) in [6.45, 7) is 4.22. The Balaban J connectivity index is 2.13. The molecule has 0 bridgehead atoms. The van der Waals surface area contributed by atoms with Gasteiger partial charge in [0.1, 0.15) is 19.3 Å². The molecule has 0 saturated carbocycles. The highest BCUT2D eigenvalue weighted by Gasteiger charge is 2.52. The van der Waals surface area contributed by atoms with Gasteiger partial charge in [0.2, 0.25) is 0 Å². The number of nitrogens with zero attached hydrogens (tertiary/aromatic N) is 1. The van der Waals surface area contributed by atoms with E-state index in [-0.39, 0.29) is 26.4 Å². The van der Waals surface area contributed by atoms with E-state index in [1.54, 1.807) is 0 Å². The van der Waals surface area contributed by atoms with Crippen LogP contribution in [-0.4, -0.2) is 92.4 Å². The van der Waals surface area contributed by atoms with E-state index in [1.165, 1.54) is 18.9 Å². The molecule has 1 saturated heterocycles. The van der Waals surface area contributed by atoms with Gasteiger partial charge in [-0.05, 0) is 5.56 Å². The van der Waals surface area contributed by atoms with Crippen molar-refractivity contribution in [2.24, 2.45) is 0 Å². The number of likely N-dealkylation sites (N-methyl/N-ethyl adjacent to an activating group) is 1. The number of hydrogen-bond donors (Lipinski definition) is 0. The predicted octanol–water partition coefficient (Wildman–Crippen LogP) is 1.35. The number of benzene rings is 1. The van der Waals surface area contributed by atoms with Gasteiger partial charge in [-0.15, -0.1) is 0 Å². The summed E-state index contributed by atoms with van der Waals surface area (Å²) in [4.78, 5) is 60.5. The van der Waals surface area contributed by atoms with E-state index in [0.29, 0.717) is 0 Å². The fourth-order valence-electron chi connectivity index (χ4n) is 3.55. The first-order valence-electron chi connectivity index (χ1n) is 11.8. The van der Waals surface area contributed by atoms with Crippen LogP contribution in [0.25, 0.3) is 0 Å². The zero-order valence-corrected chi connectivity index (χ0v) is 21.9. The first-order valence-corrected chi connectivity index (χ1v) is 11.8. The molecule has 1 unspecified atom stereocenters. The molecule has 0 aromatic heterocycles. The molecule has 0 aliphatic carbocycles. The van der Waals surface area contributed by atoms with Crippen molar-refractivity contribution in [3.05, 3.63) is 35.9 Å². The summed E-state index contributed by atoms with van der Waals surface area (Å²) in [7, 11) is 1.50. The van der Waals surface area contributed by atoms with Crippen LogP contribution in [0.15, 0.2) is 30.3 Å². The predicted molar refractivity (Wildman–Crippen MR) is 127 cm³/mol. The van der Waals surface area contributed by atoms with Crippen molar-refractivity contribution in [3.63, 3.8) is 0 Å². The van der Waals surface area contributed by atoms with Crippen molar-refractivity contribution in [1.29, 1.82) is 0 Å². The maximum absolute atomic E-state index is 12.3. The lowest BCUT2D eigenvalue weighted by Crippen LogP contribution is -2.63. The lowest BCUT2D eigenvalue weighted by Gasteiger charge is -2.44. The topological polar surface area (TPSA) is 153 Å². The van der Waals surface area contributed by atoms with Crippen LogP contribution in [0.4, 0.5) is 4.79 Å². The van der Waals surface area contributed by atoms with E-state index in [9.17, 15) is 24.0 Å². The second-order valence-corrected chi connectivity index (χ2v) is 8.40. The zero-order valence-electron chi connectivity index (χ0n) is 21.9. The highest BCUT2D eigenvalue weighted by atomic mass is 16.7. The summed E-state index contributed by atoms with van der Waals surface area (Å²) in [5.74, 6) is -2.86. The van der Waals surface area contributed by atoms with Gasteiger partial charge in [-0.25, -0.2) is 4.79 Å². The van der Waals surface area contributed by atoms with Crippen molar-refractivity contribution >= 4 is 30.0 Å². The Morgan fingerprint density at radius 2 is 1.37 bits per heavy atom. The van der Waals surface area contributed by atoms with Crippen molar-refractivity contribution in [3.8, 4) is 0 Å². The fourth-order valence-corrected chi connectivity index (χ4v) is 3.55. The molecule has 13 heteroatoms. The molecule has 1 aliphatic heterocycles. The Bertz CT molecular complexity index is 968. The summed E-state index contributed by atoms with van der Waals surface area (Å²) >= 11 is 0. The summed E-state index contributed by atoms with van der Waals surface area (Å²) in [6.07, 6.45) is -7.02. The lowest BCUT2D eigenvalue weighted by molar-refractivity contribution is -0.308. The summed E-state index contributed by atoms with van der Waals surface area (Å²) in [5.41, 5.74) is 0.822. The number of carbonyl (C=O) groups is 5. The third kappa shape index (κ3) is 9.98. The molecule has 13 nitrogen and oxygen atoms in total. The Kier molecular flexibility index (Phi) is 12.0. The summed E-state index contributed by atoms with van der Waals surface area (Å²) < 4.78 is 37.9. The largest absolute Gasteiger partial charge is 0.463 e. The van der Waals surface area contributed by atoms with E-state index in [1.807, 2.05) is 30.3 Å². The molecule has 1 heterocycles. The molecule has 1 fully saturated rings. The number of hydrogen-bond acceptors (Lipinski definition) is 12. The van der Waals surface area contributed by atoms with Crippen molar-refractivity contribution in [1.82, 2.24) is 4.90 Å². The Hall–Kier alpha value is -3.71. The zero-order chi connectivity index (χ0) is 28.2. The Morgan fingerprint density at radius 3 is 1.95 bits per heavy atom. The van der Waals surface area contributed by atoms with Crippen LogP contribution in [0.5, 0.6) is 0 Å². The van der Waals surface area contributed by atoms with Gasteiger partial charge in [0.15, 0.2) is 24.6 Å². The van der Waals surface area contributed by atoms with Gasteiger partial charge in [0.25, 0.3) is 0 Å². The summed E-state index contributed by atoms with van der Waals surface area (Å²) in [5, 5.41) is 0. The number of carbonyl (C=O) groups excluding carboxylic acids is 5. The smallest absolute Gasteiger partial charge is 0.409 e. The van der Waals surface area contributed by atoms with E-state index in [2.05, 4.69) is 0 Å². The number of rotatable bonds is 11.